The molecule has 1 heterocycles. The fraction of sp³-hybridized carbons (Fsp3) is 0.286. The summed E-state index contributed by atoms with van der Waals surface area (Å²) in [5, 5.41) is 2.81. The zero-order valence-corrected chi connectivity index (χ0v) is 16.1. The number of methoxy groups -OCH3 is 1. The van der Waals surface area contributed by atoms with Gasteiger partial charge in [-0.2, -0.15) is 0 Å². The van der Waals surface area contributed by atoms with Crippen molar-refractivity contribution in [2.45, 2.75) is 6.42 Å². The molecule has 0 radical (unpaired) electrons. The van der Waals surface area contributed by atoms with Gasteiger partial charge in [-0.05, 0) is 48.5 Å². The predicted octanol–water partition coefficient (Wildman–Crippen LogP) is 2.53. The molecule has 7 heteroatoms. The number of hydrogen-bond donors (Lipinski definition) is 1. The minimum absolute atomic E-state index is 0.0706. The Morgan fingerprint density at radius 3 is 2.29 bits per heavy atom. The van der Waals surface area contributed by atoms with E-state index in [9.17, 15) is 14.4 Å². The van der Waals surface area contributed by atoms with E-state index in [0.717, 1.165) is 11.4 Å². The number of anilines is 3. The van der Waals surface area contributed by atoms with E-state index in [1.165, 1.54) is 7.11 Å². The standard InChI is InChI=1S/C21H23N3O4/c1-23(2)17-8-10-18(11-9-17)24-13-15(12-19(24)25)20(26)22-16-6-4-14(5-7-16)21(27)28-3/h4-11,15H,12-13H2,1-3H3,(H,22,26). The van der Waals surface area contributed by atoms with Gasteiger partial charge in [-0.1, -0.05) is 0 Å². The third kappa shape index (κ3) is 4.14. The zero-order chi connectivity index (χ0) is 20.3. The van der Waals surface area contributed by atoms with E-state index in [1.54, 1.807) is 29.2 Å². The predicted molar refractivity (Wildman–Crippen MR) is 108 cm³/mol. The molecule has 0 bridgehead atoms. The third-order valence-electron chi connectivity index (χ3n) is 4.75. The van der Waals surface area contributed by atoms with Crippen molar-refractivity contribution < 1.29 is 19.1 Å². The molecule has 1 aliphatic heterocycles. The number of carbonyl (C=O) groups excluding carboxylic acids is 3. The molecule has 1 N–H and O–H groups in total. The topological polar surface area (TPSA) is 78.9 Å². The number of nitrogens with zero attached hydrogens (tertiary/aromatic N) is 2. The fourth-order valence-corrected chi connectivity index (χ4v) is 3.12. The van der Waals surface area contributed by atoms with Crippen molar-refractivity contribution in [3.05, 3.63) is 54.1 Å². The van der Waals surface area contributed by atoms with Crippen molar-refractivity contribution in [3.8, 4) is 0 Å². The molecular formula is C21H23N3O4. The van der Waals surface area contributed by atoms with Crippen LogP contribution < -0.4 is 15.1 Å². The zero-order valence-electron chi connectivity index (χ0n) is 16.1. The van der Waals surface area contributed by atoms with E-state index in [4.69, 9.17) is 0 Å². The molecule has 1 saturated heterocycles. The smallest absolute Gasteiger partial charge is 0.337 e. The molecule has 0 aliphatic carbocycles. The molecule has 1 atom stereocenters. The maximum absolute atomic E-state index is 12.6. The number of nitrogens with one attached hydrogen (secondary N) is 1. The highest BCUT2D eigenvalue weighted by molar-refractivity contribution is 6.03. The third-order valence-corrected chi connectivity index (χ3v) is 4.75. The number of rotatable bonds is 5. The molecule has 2 amide bonds. The van der Waals surface area contributed by atoms with Crippen LogP contribution in [0.3, 0.4) is 0 Å². The van der Waals surface area contributed by atoms with Gasteiger partial charge in [-0.3, -0.25) is 9.59 Å². The number of amides is 2. The molecule has 1 fully saturated rings. The van der Waals surface area contributed by atoms with E-state index in [1.807, 2.05) is 43.3 Å². The summed E-state index contributed by atoms with van der Waals surface area (Å²) < 4.78 is 4.65. The highest BCUT2D eigenvalue weighted by Crippen LogP contribution is 2.27. The highest BCUT2D eigenvalue weighted by atomic mass is 16.5. The van der Waals surface area contributed by atoms with Gasteiger partial charge in [0.25, 0.3) is 0 Å². The first-order valence-corrected chi connectivity index (χ1v) is 8.96. The number of benzene rings is 2. The van der Waals surface area contributed by atoms with Crippen LogP contribution in [0.25, 0.3) is 0 Å². The van der Waals surface area contributed by atoms with Gasteiger partial charge in [-0.15, -0.1) is 0 Å². The summed E-state index contributed by atoms with van der Waals surface area (Å²) in [6.45, 7) is 0.340. The first-order valence-electron chi connectivity index (χ1n) is 8.96. The second-order valence-electron chi connectivity index (χ2n) is 6.87. The number of hydrogen-bond acceptors (Lipinski definition) is 5. The summed E-state index contributed by atoms with van der Waals surface area (Å²) in [4.78, 5) is 40.1. The van der Waals surface area contributed by atoms with Crippen molar-refractivity contribution in [1.82, 2.24) is 0 Å². The fourth-order valence-electron chi connectivity index (χ4n) is 3.12. The molecule has 1 aliphatic rings. The summed E-state index contributed by atoms with van der Waals surface area (Å²) in [7, 11) is 5.22. The lowest BCUT2D eigenvalue weighted by Crippen LogP contribution is -2.28. The molecule has 28 heavy (non-hydrogen) atoms. The lowest BCUT2D eigenvalue weighted by atomic mass is 10.1. The minimum Gasteiger partial charge on any atom is -0.465 e. The molecule has 2 aromatic rings. The van der Waals surface area contributed by atoms with Crippen molar-refractivity contribution in [3.63, 3.8) is 0 Å². The van der Waals surface area contributed by atoms with Gasteiger partial charge in [0, 0.05) is 44.1 Å². The van der Waals surface area contributed by atoms with E-state index in [0.29, 0.717) is 17.8 Å². The van der Waals surface area contributed by atoms with Gasteiger partial charge in [0.15, 0.2) is 0 Å². The molecule has 0 aromatic heterocycles. The van der Waals surface area contributed by atoms with Crippen molar-refractivity contribution in [2.24, 2.45) is 5.92 Å². The van der Waals surface area contributed by atoms with Gasteiger partial charge < -0.3 is 19.9 Å². The van der Waals surface area contributed by atoms with Crippen molar-refractivity contribution >= 4 is 34.8 Å². The number of esters is 1. The van der Waals surface area contributed by atoms with Gasteiger partial charge in [0.2, 0.25) is 11.8 Å². The molecule has 0 saturated carbocycles. The molecule has 0 spiro atoms. The molecule has 146 valence electrons. The van der Waals surface area contributed by atoms with Gasteiger partial charge in [-0.25, -0.2) is 4.79 Å². The number of ether oxygens (including phenoxy) is 1. The first kappa shape index (κ1) is 19.4. The molecular weight excluding hydrogens is 358 g/mol. The summed E-state index contributed by atoms with van der Waals surface area (Å²) in [5.74, 6) is -1.15. The lowest BCUT2D eigenvalue weighted by Gasteiger charge is -2.19. The summed E-state index contributed by atoms with van der Waals surface area (Å²) in [5.41, 5.74) is 2.80. The Morgan fingerprint density at radius 2 is 1.71 bits per heavy atom. The van der Waals surface area contributed by atoms with Crippen LogP contribution in [0.5, 0.6) is 0 Å². The van der Waals surface area contributed by atoms with E-state index < -0.39 is 11.9 Å². The average Bonchev–Trinajstić information content (AvgIpc) is 3.10. The number of carbonyl (C=O) groups is 3. The van der Waals surface area contributed by atoms with Crippen LogP contribution in [0.1, 0.15) is 16.8 Å². The maximum Gasteiger partial charge on any atom is 0.337 e. The van der Waals surface area contributed by atoms with Crippen LogP contribution in [0.15, 0.2) is 48.5 Å². The van der Waals surface area contributed by atoms with Crippen LogP contribution >= 0.6 is 0 Å². The Bertz CT molecular complexity index is 876. The SMILES string of the molecule is COC(=O)c1ccc(NC(=O)C2CC(=O)N(c3ccc(N(C)C)cc3)C2)cc1. The summed E-state index contributed by atoms with van der Waals surface area (Å²) >= 11 is 0. The van der Waals surface area contributed by atoms with Crippen molar-refractivity contribution in [2.75, 3.05) is 42.9 Å². The Labute approximate surface area is 163 Å². The first-order chi connectivity index (χ1) is 13.4. The van der Waals surface area contributed by atoms with Crippen LogP contribution in [0.4, 0.5) is 17.1 Å². The van der Waals surface area contributed by atoms with Crippen LogP contribution in [-0.2, 0) is 14.3 Å². The van der Waals surface area contributed by atoms with E-state index in [2.05, 4.69) is 10.1 Å². The van der Waals surface area contributed by atoms with Crippen molar-refractivity contribution in [1.29, 1.82) is 0 Å². The summed E-state index contributed by atoms with van der Waals surface area (Å²) in [6, 6.07) is 14.1. The quantitative estimate of drug-likeness (QED) is 0.805. The minimum atomic E-state index is -0.435. The molecule has 1 unspecified atom stereocenters. The molecule has 2 aromatic carbocycles. The van der Waals surface area contributed by atoms with E-state index in [-0.39, 0.29) is 18.2 Å². The Balaban J connectivity index is 1.64. The van der Waals surface area contributed by atoms with Gasteiger partial charge >= 0.3 is 5.97 Å². The second kappa shape index (κ2) is 8.12. The Hall–Kier alpha value is -3.35. The summed E-state index contributed by atoms with van der Waals surface area (Å²) in [6.07, 6.45) is 0.168. The highest BCUT2D eigenvalue weighted by Gasteiger charge is 2.35. The Kier molecular flexibility index (Phi) is 5.63. The average molecular weight is 381 g/mol. The second-order valence-corrected chi connectivity index (χ2v) is 6.87. The molecule has 7 nitrogen and oxygen atoms in total. The van der Waals surface area contributed by atoms with Gasteiger partial charge in [0.05, 0.1) is 18.6 Å². The van der Waals surface area contributed by atoms with Crippen LogP contribution in [0, 0.1) is 5.92 Å². The van der Waals surface area contributed by atoms with Crippen LogP contribution in [-0.4, -0.2) is 45.5 Å². The largest absolute Gasteiger partial charge is 0.465 e. The maximum atomic E-state index is 12.6. The Morgan fingerprint density at radius 1 is 1.07 bits per heavy atom. The lowest BCUT2D eigenvalue weighted by molar-refractivity contribution is -0.122. The molecule has 3 rings (SSSR count). The van der Waals surface area contributed by atoms with E-state index >= 15 is 0 Å². The monoisotopic (exact) mass is 381 g/mol. The normalized spacial score (nSPS) is 16.0. The van der Waals surface area contributed by atoms with Gasteiger partial charge in [0.1, 0.15) is 0 Å². The van der Waals surface area contributed by atoms with Crippen LogP contribution in [0.2, 0.25) is 0 Å².